The predicted molar refractivity (Wildman–Crippen MR) is 73.6 cm³/mol. The molecule has 3 rings (SSSR count). The van der Waals surface area contributed by atoms with Crippen molar-refractivity contribution in [2.75, 3.05) is 16.4 Å². The number of fused-ring (bicyclic) bond motifs is 1. The minimum absolute atomic E-state index is 0.0696. The Labute approximate surface area is 111 Å². The van der Waals surface area contributed by atoms with Gasteiger partial charge in [0.05, 0.1) is 17.5 Å². The number of aryl methyl sites for hydroxylation is 1. The van der Waals surface area contributed by atoms with Crippen LogP contribution >= 0.6 is 12.2 Å². The monoisotopic (exact) mass is 283 g/mol. The Morgan fingerprint density at radius 1 is 1.28 bits per heavy atom. The number of hydrogen-bond acceptors (Lipinski definition) is 4. The summed E-state index contributed by atoms with van der Waals surface area (Å²) in [5.41, 5.74) is 2.05. The van der Waals surface area contributed by atoms with Crippen LogP contribution < -0.4 is 4.90 Å². The normalized spacial score (nSPS) is 29.2. The molecule has 1 aromatic carbocycles. The second-order valence-corrected chi connectivity index (χ2v) is 7.28. The molecule has 0 bridgehead atoms. The van der Waals surface area contributed by atoms with Crippen molar-refractivity contribution in [2.24, 2.45) is 0 Å². The predicted octanol–water partition coefficient (Wildman–Crippen LogP) is 1.28. The van der Waals surface area contributed by atoms with Crippen LogP contribution in [0.1, 0.15) is 5.56 Å². The lowest BCUT2D eigenvalue weighted by atomic mass is 10.1. The fourth-order valence-electron chi connectivity index (χ4n) is 2.47. The molecule has 0 radical (unpaired) electrons. The third-order valence-corrected chi connectivity index (χ3v) is 5.34. The fourth-order valence-corrected chi connectivity index (χ4v) is 4.65. The third kappa shape index (κ3) is 1.89. The van der Waals surface area contributed by atoms with Crippen LogP contribution in [0, 0.1) is 6.92 Å². The molecule has 4 nitrogen and oxygen atoms in total. The van der Waals surface area contributed by atoms with Crippen LogP contribution in [0.4, 0.5) is 5.69 Å². The fraction of sp³-hybridized carbons (Fsp3) is 0.417. The van der Waals surface area contributed by atoms with Crippen LogP contribution in [0.5, 0.6) is 0 Å². The van der Waals surface area contributed by atoms with Gasteiger partial charge in [-0.3, -0.25) is 4.90 Å². The highest BCUT2D eigenvalue weighted by Crippen LogP contribution is 2.32. The molecule has 2 saturated heterocycles. The minimum Gasteiger partial charge on any atom is -0.464 e. The molecule has 6 heteroatoms. The highest BCUT2D eigenvalue weighted by atomic mass is 32.2. The smallest absolute Gasteiger partial charge is 0.264 e. The number of hydrogen-bond donors (Lipinski definition) is 0. The lowest BCUT2D eigenvalue weighted by Crippen LogP contribution is -2.36. The Bertz CT molecular complexity index is 594. The molecule has 0 aliphatic carbocycles. The van der Waals surface area contributed by atoms with E-state index in [1.54, 1.807) is 0 Å². The van der Waals surface area contributed by atoms with E-state index in [0.717, 1.165) is 11.3 Å². The molecule has 0 amide bonds. The number of benzene rings is 1. The van der Waals surface area contributed by atoms with Gasteiger partial charge in [0.25, 0.3) is 5.17 Å². The molecule has 2 heterocycles. The van der Waals surface area contributed by atoms with E-state index < -0.39 is 9.84 Å². The molecule has 96 valence electrons. The largest absolute Gasteiger partial charge is 0.464 e. The molecule has 18 heavy (non-hydrogen) atoms. The number of nitrogens with zero attached hydrogens (tertiary/aromatic N) is 1. The maximum Gasteiger partial charge on any atom is 0.264 e. The summed E-state index contributed by atoms with van der Waals surface area (Å²) in [6.07, 6.45) is -0.316. The number of rotatable bonds is 1. The van der Waals surface area contributed by atoms with E-state index >= 15 is 0 Å². The topological polar surface area (TPSA) is 46.6 Å². The summed E-state index contributed by atoms with van der Waals surface area (Å²) in [4.78, 5) is 1.82. The molecular formula is C12H13NO3S2. The Hall–Kier alpha value is -1.14. The lowest BCUT2D eigenvalue weighted by Gasteiger charge is -2.21. The number of sulfone groups is 1. The molecule has 0 unspecified atom stereocenters. The first-order valence-electron chi connectivity index (χ1n) is 5.73. The molecule has 2 aliphatic heterocycles. The maximum absolute atomic E-state index is 11.6. The Kier molecular flexibility index (Phi) is 2.60. The van der Waals surface area contributed by atoms with Crippen molar-refractivity contribution in [2.45, 2.75) is 19.1 Å². The van der Waals surface area contributed by atoms with Gasteiger partial charge < -0.3 is 4.74 Å². The van der Waals surface area contributed by atoms with Crippen molar-refractivity contribution >= 4 is 32.9 Å². The van der Waals surface area contributed by atoms with Crippen molar-refractivity contribution in [1.29, 1.82) is 0 Å². The summed E-state index contributed by atoms with van der Waals surface area (Å²) in [5.74, 6) is 0.186. The molecule has 0 saturated carbocycles. The summed E-state index contributed by atoms with van der Waals surface area (Å²) in [6, 6.07) is 7.67. The van der Waals surface area contributed by atoms with Gasteiger partial charge in [0.1, 0.15) is 6.10 Å². The summed E-state index contributed by atoms with van der Waals surface area (Å²) < 4.78 is 28.8. The van der Waals surface area contributed by atoms with Crippen LogP contribution in [-0.2, 0) is 14.6 Å². The van der Waals surface area contributed by atoms with Crippen molar-refractivity contribution in [3.63, 3.8) is 0 Å². The summed E-state index contributed by atoms with van der Waals surface area (Å²) in [6.45, 7) is 2.01. The average Bonchev–Trinajstić information content (AvgIpc) is 2.70. The molecule has 0 N–H and O–H groups in total. The van der Waals surface area contributed by atoms with Gasteiger partial charge in [-0.15, -0.1) is 0 Å². The highest BCUT2D eigenvalue weighted by molar-refractivity contribution is 7.91. The second-order valence-electron chi connectivity index (χ2n) is 4.77. The quantitative estimate of drug-likeness (QED) is 0.727. The zero-order chi connectivity index (χ0) is 12.9. The molecule has 2 atom stereocenters. The molecule has 1 aromatic rings. The summed E-state index contributed by atoms with van der Waals surface area (Å²) in [5, 5.41) is 0.378. The van der Waals surface area contributed by atoms with Gasteiger partial charge in [-0.25, -0.2) is 8.42 Å². The first-order valence-corrected chi connectivity index (χ1v) is 7.96. The van der Waals surface area contributed by atoms with Gasteiger partial charge in [-0.05, 0) is 31.3 Å². The van der Waals surface area contributed by atoms with Gasteiger partial charge in [-0.2, -0.15) is 0 Å². The van der Waals surface area contributed by atoms with Crippen LogP contribution in [-0.4, -0.2) is 37.2 Å². The van der Waals surface area contributed by atoms with E-state index in [1.165, 1.54) is 0 Å². The van der Waals surface area contributed by atoms with Gasteiger partial charge in [0.15, 0.2) is 9.84 Å². The first kappa shape index (κ1) is 11.9. The summed E-state index contributed by atoms with van der Waals surface area (Å²) >= 11 is 5.19. The van der Waals surface area contributed by atoms with E-state index in [1.807, 2.05) is 36.1 Å². The van der Waals surface area contributed by atoms with Gasteiger partial charge in [-0.1, -0.05) is 17.7 Å². The van der Waals surface area contributed by atoms with Crippen LogP contribution in [0.3, 0.4) is 0 Å². The lowest BCUT2D eigenvalue weighted by molar-refractivity contribution is 0.244. The number of anilines is 1. The zero-order valence-electron chi connectivity index (χ0n) is 9.87. The molecule has 0 aromatic heterocycles. The van der Waals surface area contributed by atoms with E-state index in [4.69, 9.17) is 17.0 Å². The Balaban J connectivity index is 1.96. The second kappa shape index (κ2) is 3.93. The van der Waals surface area contributed by atoms with Crippen molar-refractivity contribution in [3.05, 3.63) is 29.8 Å². The van der Waals surface area contributed by atoms with Crippen LogP contribution in [0.15, 0.2) is 24.3 Å². The molecule has 2 fully saturated rings. The van der Waals surface area contributed by atoms with Gasteiger partial charge in [0, 0.05) is 5.69 Å². The SMILES string of the molecule is Cc1ccc(N2C(=S)O[C@H]3CS(=O)(=O)C[C@@H]32)cc1. The van der Waals surface area contributed by atoms with E-state index in [9.17, 15) is 8.42 Å². The van der Waals surface area contributed by atoms with E-state index in [0.29, 0.717) is 5.17 Å². The minimum atomic E-state index is -3.00. The van der Waals surface area contributed by atoms with E-state index in [-0.39, 0.29) is 23.7 Å². The standard InChI is InChI=1S/C12H13NO3S2/c1-8-2-4-9(5-3-8)13-10-6-18(14,15)7-11(10)16-12(13)17/h2-5,10-11H,6-7H2,1H3/t10-,11-/m0/s1. The zero-order valence-corrected chi connectivity index (χ0v) is 11.5. The first-order chi connectivity index (χ1) is 8.46. The average molecular weight is 283 g/mol. The number of ether oxygens (including phenoxy) is 1. The molecular weight excluding hydrogens is 270 g/mol. The number of thiocarbonyl (C=S) groups is 1. The molecule has 0 spiro atoms. The van der Waals surface area contributed by atoms with Crippen molar-refractivity contribution in [1.82, 2.24) is 0 Å². The highest BCUT2D eigenvalue weighted by Gasteiger charge is 2.49. The Morgan fingerprint density at radius 3 is 2.61 bits per heavy atom. The van der Waals surface area contributed by atoms with E-state index in [2.05, 4.69) is 0 Å². The third-order valence-electron chi connectivity index (χ3n) is 3.36. The Morgan fingerprint density at radius 2 is 1.94 bits per heavy atom. The van der Waals surface area contributed by atoms with Crippen LogP contribution in [0.25, 0.3) is 0 Å². The van der Waals surface area contributed by atoms with Crippen molar-refractivity contribution in [3.8, 4) is 0 Å². The summed E-state index contributed by atoms with van der Waals surface area (Å²) in [7, 11) is -3.00. The van der Waals surface area contributed by atoms with Crippen molar-refractivity contribution < 1.29 is 13.2 Å². The van der Waals surface area contributed by atoms with Crippen LogP contribution in [0.2, 0.25) is 0 Å². The molecule has 2 aliphatic rings. The van der Waals surface area contributed by atoms with Gasteiger partial charge >= 0.3 is 0 Å². The van der Waals surface area contributed by atoms with Gasteiger partial charge in [0.2, 0.25) is 0 Å². The maximum atomic E-state index is 11.6.